The number of nitrogens with one attached hydrogen (secondary N) is 2. The first kappa shape index (κ1) is 17.3. The van der Waals surface area contributed by atoms with Crippen molar-refractivity contribution < 1.29 is 18.0 Å². The molecule has 3 nitrogen and oxygen atoms in total. The van der Waals surface area contributed by atoms with Crippen LogP contribution in [0, 0.1) is 0 Å². The van der Waals surface area contributed by atoms with Crippen molar-refractivity contribution in [2.45, 2.75) is 12.6 Å². The minimum Gasteiger partial charge on any atom is -0.338 e. The van der Waals surface area contributed by atoms with E-state index >= 15 is 0 Å². The molecule has 2 N–H and O–H groups in total. The van der Waals surface area contributed by atoms with Crippen LogP contribution < -0.4 is 10.6 Å². The second kappa shape index (κ2) is 7.50. The van der Waals surface area contributed by atoms with Crippen LogP contribution in [0.3, 0.4) is 0 Å². The molecule has 2 amide bonds. The second-order valence-electron chi connectivity index (χ2n) is 4.83. The summed E-state index contributed by atoms with van der Waals surface area (Å²) >= 11 is 3.34. The first-order chi connectivity index (χ1) is 10.8. The van der Waals surface area contributed by atoms with Crippen LogP contribution in [0.25, 0.3) is 0 Å². The third-order valence-corrected chi connectivity index (χ3v) is 3.61. The molecule has 0 fully saturated rings. The Morgan fingerprint density at radius 3 is 2.17 bits per heavy atom. The lowest BCUT2D eigenvalue weighted by atomic mass is 10.1. The fourth-order valence-electron chi connectivity index (χ4n) is 1.89. The lowest BCUT2D eigenvalue weighted by Crippen LogP contribution is -2.30. The van der Waals surface area contributed by atoms with E-state index in [0.29, 0.717) is 18.7 Å². The normalized spacial score (nSPS) is 11.1. The highest BCUT2D eigenvalue weighted by Crippen LogP contribution is 2.29. The molecule has 0 unspecified atom stereocenters. The molecule has 0 aromatic heterocycles. The number of hydrogen-bond donors (Lipinski definition) is 2. The fourth-order valence-corrected chi connectivity index (χ4v) is 2.15. The molecule has 0 bridgehead atoms. The van der Waals surface area contributed by atoms with Gasteiger partial charge in [-0.25, -0.2) is 4.79 Å². The number of anilines is 1. The van der Waals surface area contributed by atoms with Gasteiger partial charge < -0.3 is 10.6 Å². The van der Waals surface area contributed by atoms with Crippen LogP contribution in [-0.4, -0.2) is 12.6 Å². The van der Waals surface area contributed by atoms with Gasteiger partial charge in [-0.15, -0.1) is 0 Å². The second-order valence-corrected chi connectivity index (χ2v) is 5.75. The molecule has 0 aliphatic carbocycles. The molecule has 23 heavy (non-hydrogen) atoms. The van der Waals surface area contributed by atoms with Crippen LogP contribution >= 0.6 is 15.9 Å². The average Bonchev–Trinajstić information content (AvgIpc) is 2.49. The van der Waals surface area contributed by atoms with Crippen molar-refractivity contribution >= 4 is 27.6 Å². The zero-order valence-corrected chi connectivity index (χ0v) is 13.5. The van der Waals surface area contributed by atoms with Crippen LogP contribution in [0.5, 0.6) is 0 Å². The highest BCUT2D eigenvalue weighted by atomic mass is 79.9. The van der Waals surface area contributed by atoms with E-state index in [1.54, 1.807) is 0 Å². The van der Waals surface area contributed by atoms with Crippen LogP contribution in [0.4, 0.5) is 23.7 Å². The van der Waals surface area contributed by atoms with Crippen molar-refractivity contribution in [2.75, 3.05) is 11.9 Å². The maximum Gasteiger partial charge on any atom is 0.416 e. The van der Waals surface area contributed by atoms with Gasteiger partial charge in [0, 0.05) is 16.7 Å². The largest absolute Gasteiger partial charge is 0.416 e. The average molecular weight is 387 g/mol. The minimum absolute atomic E-state index is 0.305. The number of halogens is 4. The number of carbonyl (C=O) groups is 1. The Bertz CT molecular complexity index is 655. The van der Waals surface area contributed by atoms with Crippen LogP contribution in [-0.2, 0) is 12.6 Å². The van der Waals surface area contributed by atoms with Gasteiger partial charge in [-0.3, -0.25) is 0 Å². The zero-order chi connectivity index (χ0) is 16.9. The Hall–Kier alpha value is -2.02. The van der Waals surface area contributed by atoms with Crippen LogP contribution in [0.1, 0.15) is 11.1 Å². The molecule has 2 aromatic rings. The first-order valence-electron chi connectivity index (χ1n) is 6.81. The van der Waals surface area contributed by atoms with E-state index < -0.39 is 17.8 Å². The number of hydrogen-bond acceptors (Lipinski definition) is 1. The predicted molar refractivity (Wildman–Crippen MR) is 86.3 cm³/mol. The van der Waals surface area contributed by atoms with Crippen molar-refractivity contribution in [2.24, 2.45) is 0 Å². The van der Waals surface area contributed by atoms with Gasteiger partial charge in [0.15, 0.2) is 0 Å². The van der Waals surface area contributed by atoms with Gasteiger partial charge in [0.1, 0.15) is 0 Å². The Kier molecular flexibility index (Phi) is 5.65. The molecular formula is C16H14BrF3N2O. The topological polar surface area (TPSA) is 41.1 Å². The maximum atomic E-state index is 12.4. The van der Waals surface area contributed by atoms with Gasteiger partial charge >= 0.3 is 12.2 Å². The van der Waals surface area contributed by atoms with Crippen molar-refractivity contribution in [3.05, 3.63) is 64.1 Å². The number of carbonyl (C=O) groups excluding carboxylic acids is 1. The molecule has 2 rings (SSSR count). The summed E-state index contributed by atoms with van der Waals surface area (Å²) < 4.78 is 38.3. The summed E-state index contributed by atoms with van der Waals surface area (Å²) in [6.07, 6.45) is -3.72. The van der Waals surface area contributed by atoms with Crippen molar-refractivity contribution in [3.8, 4) is 0 Å². The minimum atomic E-state index is -4.38. The zero-order valence-electron chi connectivity index (χ0n) is 12.0. The van der Waals surface area contributed by atoms with E-state index in [9.17, 15) is 18.0 Å². The molecule has 0 heterocycles. The number of benzene rings is 2. The summed E-state index contributed by atoms with van der Waals surface area (Å²) in [7, 11) is 0. The Morgan fingerprint density at radius 1 is 1.00 bits per heavy atom. The number of urea groups is 1. The predicted octanol–water partition coefficient (Wildman–Crippen LogP) is 4.83. The van der Waals surface area contributed by atoms with Crippen molar-refractivity contribution in [1.82, 2.24) is 5.32 Å². The van der Waals surface area contributed by atoms with Crippen LogP contribution in [0.2, 0.25) is 0 Å². The monoisotopic (exact) mass is 386 g/mol. The maximum absolute atomic E-state index is 12.4. The molecule has 2 aromatic carbocycles. The molecule has 7 heteroatoms. The van der Waals surface area contributed by atoms with Gasteiger partial charge in [0.05, 0.1) is 5.56 Å². The van der Waals surface area contributed by atoms with Gasteiger partial charge in [0.25, 0.3) is 0 Å². The van der Waals surface area contributed by atoms with Crippen LogP contribution in [0.15, 0.2) is 53.0 Å². The molecule has 122 valence electrons. The Morgan fingerprint density at radius 2 is 1.61 bits per heavy atom. The molecule has 0 radical (unpaired) electrons. The summed E-state index contributed by atoms with van der Waals surface area (Å²) in [6.45, 7) is 0.425. The van der Waals surface area contributed by atoms with Gasteiger partial charge in [-0.1, -0.05) is 28.1 Å². The number of alkyl halides is 3. The van der Waals surface area contributed by atoms with E-state index in [1.807, 2.05) is 24.3 Å². The van der Waals surface area contributed by atoms with Gasteiger partial charge in [-0.05, 0) is 48.4 Å². The molecule has 0 atom stereocenters. The van der Waals surface area contributed by atoms with E-state index in [1.165, 1.54) is 12.1 Å². The lowest BCUT2D eigenvalue weighted by molar-refractivity contribution is -0.137. The van der Waals surface area contributed by atoms with E-state index in [2.05, 4.69) is 26.6 Å². The molecule has 0 aliphatic heterocycles. The van der Waals surface area contributed by atoms with Crippen molar-refractivity contribution in [1.29, 1.82) is 0 Å². The molecular weight excluding hydrogens is 373 g/mol. The summed E-state index contributed by atoms with van der Waals surface area (Å²) in [5, 5.41) is 5.15. The number of rotatable bonds is 4. The van der Waals surface area contributed by atoms with Gasteiger partial charge in [0.2, 0.25) is 0 Å². The summed E-state index contributed by atoms with van der Waals surface area (Å²) in [4.78, 5) is 11.7. The molecule has 0 saturated heterocycles. The standard InChI is InChI=1S/C16H14BrF3N2O/c17-13-5-1-11(2-6-13)9-10-21-15(23)22-14-7-3-12(4-8-14)16(18,19)20/h1-8H,9-10H2,(H2,21,22,23). The third-order valence-electron chi connectivity index (χ3n) is 3.08. The van der Waals surface area contributed by atoms with Crippen molar-refractivity contribution in [3.63, 3.8) is 0 Å². The lowest BCUT2D eigenvalue weighted by Gasteiger charge is -2.10. The quantitative estimate of drug-likeness (QED) is 0.775. The Balaban J connectivity index is 1.79. The summed E-state index contributed by atoms with van der Waals surface area (Å²) in [5.74, 6) is 0. The third kappa shape index (κ3) is 5.59. The van der Waals surface area contributed by atoms with E-state index in [-0.39, 0.29) is 0 Å². The molecule has 0 aliphatic rings. The Labute approximate surface area is 140 Å². The first-order valence-corrected chi connectivity index (χ1v) is 7.60. The summed E-state index contributed by atoms with van der Waals surface area (Å²) in [5.41, 5.74) is 0.626. The SMILES string of the molecule is O=C(NCCc1ccc(Br)cc1)Nc1ccc(C(F)(F)F)cc1. The molecule has 0 saturated carbocycles. The fraction of sp³-hybridized carbons (Fsp3) is 0.188. The molecule has 0 spiro atoms. The highest BCUT2D eigenvalue weighted by molar-refractivity contribution is 9.10. The van der Waals surface area contributed by atoms with E-state index in [0.717, 1.165) is 22.2 Å². The smallest absolute Gasteiger partial charge is 0.338 e. The number of amides is 2. The summed E-state index contributed by atoms with van der Waals surface area (Å²) in [6, 6.07) is 11.6. The highest BCUT2D eigenvalue weighted by Gasteiger charge is 2.29. The van der Waals surface area contributed by atoms with E-state index in [4.69, 9.17) is 0 Å². The van der Waals surface area contributed by atoms with Gasteiger partial charge in [-0.2, -0.15) is 13.2 Å².